The van der Waals surface area contributed by atoms with Crippen LogP contribution in [0, 0.1) is 0 Å². The summed E-state index contributed by atoms with van der Waals surface area (Å²) < 4.78 is 0. The third kappa shape index (κ3) is 15.8. The second kappa shape index (κ2) is 15.9. The number of aliphatic hydroxyl groups excluding tert-OH is 1. The van der Waals surface area contributed by atoms with Gasteiger partial charge in [-0.15, -0.1) is 0 Å². The van der Waals surface area contributed by atoms with E-state index in [0.29, 0.717) is 0 Å². The van der Waals surface area contributed by atoms with Crippen LogP contribution in [0.15, 0.2) is 0 Å². The second-order valence-electron chi connectivity index (χ2n) is 5.66. The molecule has 0 amide bonds. The molecule has 0 aliphatic rings. The highest BCUT2D eigenvalue weighted by Crippen LogP contribution is 2.12. The van der Waals surface area contributed by atoms with Crippen LogP contribution < -0.4 is 5.90 Å². The van der Waals surface area contributed by atoms with Crippen LogP contribution in [0.5, 0.6) is 0 Å². The van der Waals surface area contributed by atoms with Crippen molar-refractivity contribution in [1.82, 2.24) is 0 Å². The van der Waals surface area contributed by atoms with Gasteiger partial charge in [0.1, 0.15) is 0 Å². The van der Waals surface area contributed by atoms with Crippen LogP contribution in [0.2, 0.25) is 0 Å². The van der Waals surface area contributed by atoms with Crippen LogP contribution in [0.25, 0.3) is 0 Å². The number of hydrogen-bond acceptors (Lipinski definition) is 3. The van der Waals surface area contributed by atoms with Gasteiger partial charge in [-0.1, -0.05) is 84.0 Å². The molecule has 0 spiro atoms. The molecule has 1 unspecified atom stereocenters. The van der Waals surface area contributed by atoms with Gasteiger partial charge in [0.05, 0.1) is 12.7 Å². The number of unbranched alkanes of at least 4 members (excludes halogenated alkanes) is 11. The summed E-state index contributed by atoms with van der Waals surface area (Å²) in [5.74, 6) is 4.91. The molecule has 1 atom stereocenters. The van der Waals surface area contributed by atoms with Gasteiger partial charge in [-0.2, -0.15) is 0 Å². The Kier molecular flexibility index (Phi) is 15.8. The Balaban J connectivity index is 2.99. The molecule has 3 N–H and O–H groups in total. The summed E-state index contributed by atoms with van der Waals surface area (Å²) in [6.45, 7) is 2.53. The standard InChI is InChI=1S/C16H35NO2/c1-2-3-4-5-6-7-8-9-10-11-12-13-14-16(18)15-19-17/h16,18H,2-15,17H2,1H3. The van der Waals surface area contributed by atoms with Crippen molar-refractivity contribution in [2.75, 3.05) is 6.61 Å². The minimum atomic E-state index is -0.381. The van der Waals surface area contributed by atoms with Crippen molar-refractivity contribution in [2.24, 2.45) is 5.90 Å². The molecule has 0 saturated heterocycles. The van der Waals surface area contributed by atoms with Gasteiger partial charge in [0.2, 0.25) is 0 Å². The molecular weight excluding hydrogens is 238 g/mol. The van der Waals surface area contributed by atoms with E-state index >= 15 is 0 Å². The lowest BCUT2D eigenvalue weighted by molar-refractivity contribution is 0.0310. The summed E-state index contributed by atoms with van der Waals surface area (Å²) in [6, 6.07) is 0. The fraction of sp³-hybridized carbons (Fsp3) is 1.00. The maximum Gasteiger partial charge on any atom is 0.0938 e. The van der Waals surface area contributed by atoms with Crippen molar-refractivity contribution in [3.63, 3.8) is 0 Å². The lowest BCUT2D eigenvalue weighted by Crippen LogP contribution is -2.17. The first-order valence-electron chi connectivity index (χ1n) is 8.31. The number of aliphatic hydroxyl groups is 1. The zero-order valence-electron chi connectivity index (χ0n) is 12.9. The molecule has 0 rings (SSSR count). The van der Waals surface area contributed by atoms with Gasteiger partial charge in [-0.3, -0.25) is 0 Å². The Hall–Kier alpha value is -0.120. The van der Waals surface area contributed by atoms with E-state index in [-0.39, 0.29) is 12.7 Å². The first-order chi connectivity index (χ1) is 9.31. The molecule has 0 saturated carbocycles. The Morgan fingerprint density at radius 2 is 1.21 bits per heavy atom. The molecule has 0 fully saturated rings. The molecule has 0 aliphatic carbocycles. The molecule has 3 nitrogen and oxygen atoms in total. The van der Waals surface area contributed by atoms with Gasteiger partial charge in [0.15, 0.2) is 0 Å². The van der Waals surface area contributed by atoms with E-state index in [9.17, 15) is 5.11 Å². The quantitative estimate of drug-likeness (QED) is 0.345. The minimum Gasteiger partial charge on any atom is -0.391 e. The molecular formula is C16H35NO2. The smallest absolute Gasteiger partial charge is 0.0938 e. The highest BCUT2D eigenvalue weighted by molar-refractivity contribution is 4.54. The van der Waals surface area contributed by atoms with E-state index in [0.717, 1.165) is 12.8 Å². The first kappa shape index (κ1) is 18.9. The fourth-order valence-corrected chi connectivity index (χ4v) is 2.42. The average Bonchev–Trinajstić information content (AvgIpc) is 2.40. The topological polar surface area (TPSA) is 55.5 Å². The lowest BCUT2D eigenvalue weighted by atomic mass is 10.0. The minimum absolute atomic E-state index is 0.262. The van der Waals surface area contributed by atoms with E-state index in [4.69, 9.17) is 5.90 Å². The predicted molar refractivity (Wildman–Crippen MR) is 81.8 cm³/mol. The number of hydrogen-bond donors (Lipinski definition) is 2. The van der Waals surface area contributed by atoms with Crippen LogP contribution in [0.4, 0.5) is 0 Å². The zero-order valence-corrected chi connectivity index (χ0v) is 12.9. The molecule has 0 heterocycles. The van der Waals surface area contributed by atoms with E-state index in [1.165, 1.54) is 70.6 Å². The van der Waals surface area contributed by atoms with Crippen LogP contribution in [0.3, 0.4) is 0 Å². The molecule has 0 aromatic carbocycles. The fourth-order valence-electron chi connectivity index (χ4n) is 2.42. The average molecular weight is 273 g/mol. The van der Waals surface area contributed by atoms with E-state index in [1.54, 1.807) is 0 Å². The van der Waals surface area contributed by atoms with Gasteiger partial charge in [0, 0.05) is 0 Å². The van der Waals surface area contributed by atoms with Gasteiger partial charge < -0.3 is 9.94 Å². The van der Waals surface area contributed by atoms with Crippen LogP contribution in [0.1, 0.15) is 90.4 Å². The predicted octanol–water partition coefficient (Wildman–Crippen LogP) is 4.33. The molecule has 19 heavy (non-hydrogen) atoms. The lowest BCUT2D eigenvalue weighted by Gasteiger charge is -2.08. The Morgan fingerprint density at radius 1 is 0.789 bits per heavy atom. The van der Waals surface area contributed by atoms with Crippen molar-refractivity contribution in [3.05, 3.63) is 0 Å². The molecule has 0 aromatic rings. The molecule has 3 heteroatoms. The second-order valence-corrected chi connectivity index (χ2v) is 5.66. The molecule has 0 bridgehead atoms. The molecule has 116 valence electrons. The van der Waals surface area contributed by atoms with Gasteiger partial charge in [-0.05, 0) is 6.42 Å². The molecule has 0 aliphatic heterocycles. The summed E-state index contributed by atoms with van der Waals surface area (Å²) in [5, 5.41) is 9.41. The summed E-state index contributed by atoms with van der Waals surface area (Å²) in [5.41, 5.74) is 0. The third-order valence-corrected chi connectivity index (χ3v) is 3.68. The zero-order chi connectivity index (χ0) is 14.2. The van der Waals surface area contributed by atoms with Crippen molar-refractivity contribution in [3.8, 4) is 0 Å². The van der Waals surface area contributed by atoms with Gasteiger partial charge in [0.25, 0.3) is 0 Å². The molecule has 0 aromatic heterocycles. The normalized spacial score (nSPS) is 12.8. The Morgan fingerprint density at radius 3 is 1.63 bits per heavy atom. The highest BCUT2D eigenvalue weighted by Gasteiger charge is 2.02. The number of rotatable bonds is 15. The van der Waals surface area contributed by atoms with Crippen molar-refractivity contribution in [2.45, 2.75) is 96.5 Å². The van der Waals surface area contributed by atoms with E-state index < -0.39 is 0 Å². The van der Waals surface area contributed by atoms with Gasteiger partial charge in [-0.25, -0.2) is 5.90 Å². The van der Waals surface area contributed by atoms with E-state index in [2.05, 4.69) is 11.8 Å². The Bertz CT molecular complexity index is 165. The van der Waals surface area contributed by atoms with Crippen molar-refractivity contribution in [1.29, 1.82) is 0 Å². The van der Waals surface area contributed by atoms with Crippen LogP contribution >= 0.6 is 0 Å². The van der Waals surface area contributed by atoms with E-state index in [1.807, 2.05) is 0 Å². The summed E-state index contributed by atoms with van der Waals surface area (Å²) in [4.78, 5) is 4.41. The first-order valence-corrected chi connectivity index (χ1v) is 8.31. The number of nitrogens with two attached hydrogens (primary N) is 1. The largest absolute Gasteiger partial charge is 0.391 e. The Labute approximate surface area is 119 Å². The molecule has 0 radical (unpaired) electrons. The SMILES string of the molecule is CCCCCCCCCCCCCCC(O)CON. The maximum atomic E-state index is 9.41. The van der Waals surface area contributed by atoms with Crippen molar-refractivity contribution >= 4 is 0 Å². The van der Waals surface area contributed by atoms with Crippen LogP contribution in [-0.4, -0.2) is 17.8 Å². The summed E-state index contributed by atoms with van der Waals surface area (Å²) in [7, 11) is 0. The van der Waals surface area contributed by atoms with Crippen molar-refractivity contribution < 1.29 is 9.94 Å². The highest BCUT2D eigenvalue weighted by atomic mass is 16.6. The summed E-state index contributed by atoms with van der Waals surface area (Å²) >= 11 is 0. The summed E-state index contributed by atoms with van der Waals surface area (Å²) in [6.07, 6.45) is 16.6. The van der Waals surface area contributed by atoms with Gasteiger partial charge >= 0.3 is 0 Å². The third-order valence-electron chi connectivity index (χ3n) is 3.68. The van der Waals surface area contributed by atoms with Crippen LogP contribution in [-0.2, 0) is 4.84 Å². The maximum absolute atomic E-state index is 9.41. The monoisotopic (exact) mass is 273 g/mol.